The first kappa shape index (κ1) is 16.4. The van der Waals surface area contributed by atoms with Gasteiger partial charge in [0.2, 0.25) is 0 Å². The third-order valence-corrected chi connectivity index (χ3v) is 4.43. The fourth-order valence-corrected chi connectivity index (χ4v) is 2.51. The van der Waals surface area contributed by atoms with Crippen LogP contribution in [-0.4, -0.2) is 50.5 Å². The summed E-state index contributed by atoms with van der Waals surface area (Å²) in [4.78, 5) is 5.26. The van der Waals surface area contributed by atoms with Gasteiger partial charge in [0.25, 0.3) is 0 Å². The molecule has 1 fully saturated rings. The number of halogens is 2. The van der Waals surface area contributed by atoms with Gasteiger partial charge in [0.15, 0.2) is 0 Å². The monoisotopic (exact) mass is 464 g/mol. The van der Waals surface area contributed by atoms with Crippen LogP contribution >= 0.6 is 45.2 Å². The van der Waals surface area contributed by atoms with E-state index in [-0.39, 0.29) is 0 Å². The van der Waals surface area contributed by atoms with Crippen LogP contribution in [0.1, 0.15) is 33.6 Å². The van der Waals surface area contributed by atoms with E-state index in [2.05, 4.69) is 75.8 Å². The molecule has 0 aromatic carbocycles. The van der Waals surface area contributed by atoms with E-state index in [0.717, 1.165) is 5.92 Å². The van der Waals surface area contributed by atoms with Crippen molar-refractivity contribution in [3.05, 3.63) is 0 Å². The Morgan fingerprint density at radius 3 is 1.88 bits per heavy atom. The van der Waals surface area contributed by atoms with Gasteiger partial charge in [-0.2, -0.15) is 0 Å². The summed E-state index contributed by atoms with van der Waals surface area (Å²) in [5.74, 6) is 0.840. The van der Waals surface area contributed by atoms with Gasteiger partial charge in [-0.05, 0) is 32.2 Å². The van der Waals surface area contributed by atoms with Crippen molar-refractivity contribution in [2.24, 2.45) is 5.92 Å². The van der Waals surface area contributed by atoms with Gasteiger partial charge in [-0.1, -0.05) is 59.0 Å². The molecule has 0 aromatic heterocycles. The van der Waals surface area contributed by atoms with E-state index in [1.807, 2.05) is 0 Å². The number of nitrogens with zero attached hydrogens (tertiary/aromatic N) is 2. The molecular weight excluding hydrogens is 438 g/mol. The third kappa shape index (κ3) is 8.21. The van der Waals surface area contributed by atoms with Crippen molar-refractivity contribution in [2.45, 2.75) is 35.0 Å². The lowest BCUT2D eigenvalue weighted by Gasteiger charge is -2.35. The quantitative estimate of drug-likeness (QED) is 0.438. The second-order valence-electron chi connectivity index (χ2n) is 5.69. The Kier molecular flexibility index (Phi) is 7.58. The lowest BCUT2D eigenvalue weighted by Crippen LogP contribution is -2.47. The van der Waals surface area contributed by atoms with Crippen LogP contribution in [0.2, 0.25) is 0 Å². The highest BCUT2D eigenvalue weighted by molar-refractivity contribution is 14.2. The Balaban J connectivity index is 2.13. The van der Waals surface area contributed by atoms with E-state index in [9.17, 15) is 0 Å². The van der Waals surface area contributed by atoms with Crippen molar-refractivity contribution in [2.75, 3.05) is 39.3 Å². The van der Waals surface area contributed by atoms with Crippen LogP contribution < -0.4 is 0 Å². The predicted molar refractivity (Wildman–Crippen MR) is 93.4 cm³/mol. The van der Waals surface area contributed by atoms with Crippen LogP contribution in [0.4, 0.5) is 0 Å². The smallest absolute Gasteiger partial charge is 0.0718 e. The lowest BCUT2D eigenvalue weighted by atomic mass is 10.1. The lowest BCUT2D eigenvalue weighted by molar-refractivity contribution is 0.127. The molecule has 2 nitrogen and oxygen atoms in total. The largest absolute Gasteiger partial charge is 0.301 e. The molecule has 4 heteroatoms. The van der Waals surface area contributed by atoms with Crippen LogP contribution in [0.25, 0.3) is 0 Å². The zero-order valence-electron chi connectivity index (χ0n) is 11.4. The van der Waals surface area contributed by atoms with Gasteiger partial charge in [0, 0.05) is 32.7 Å². The van der Waals surface area contributed by atoms with Crippen molar-refractivity contribution < 1.29 is 0 Å². The number of alkyl halides is 2. The van der Waals surface area contributed by atoms with E-state index < -0.39 is 0 Å². The minimum atomic E-state index is 0.421. The Morgan fingerprint density at radius 2 is 1.47 bits per heavy atom. The summed E-state index contributed by atoms with van der Waals surface area (Å²) in [5, 5.41) is 0. The predicted octanol–water partition coefficient (Wildman–Crippen LogP) is 3.63. The molecule has 1 aliphatic rings. The summed E-state index contributed by atoms with van der Waals surface area (Å²) >= 11 is 5.09. The maximum Gasteiger partial charge on any atom is 0.0718 e. The molecule has 17 heavy (non-hydrogen) atoms. The van der Waals surface area contributed by atoms with E-state index in [4.69, 9.17) is 0 Å². The second-order valence-corrected chi connectivity index (χ2v) is 12.5. The summed E-state index contributed by atoms with van der Waals surface area (Å²) in [7, 11) is 0. The number of rotatable bonds is 6. The summed E-state index contributed by atoms with van der Waals surface area (Å²) in [6, 6.07) is 0. The maximum absolute atomic E-state index is 2.63. The van der Waals surface area contributed by atoms with Gasteiger partial charge in [0.05, 0.1) is 1.43 Å². The van der Waals surface area contributed by atoms with Crippen molar-refractivity contribution in [3.8, 4) is 0 Å². The highest BCUT2D eigenvalue weighted by atomic mass is 127. The molecule has 1 heterocycles. The molecule has 0 amide bonds. The van der Waals surface area contributed by atoms with Crippen molar-refractivity contribution in [1.82, 2.24) is 9.80 Å². The van der Waals surface area contributed by atoms with E-state index in [0.29, 0.717) is 1.43 Å². The first-order chi connectivity index (χ1) is 7.87. The second kappa shape index (κ2) is 7.85. The fraction of sp³-hybridized carbons (Fsp3) is 1.00. The standard InChI is InChI=1S/C13H26I2N2/c1-12(2)4-6-16-8-10-17(11-9-16)7-5-13(3,14)15/h12H,4-11H2,1-3H3. The van der Waals surface area contributed by atoms with Gasteiger partial charge < -0.3 is 9.80 Å². The minimum Gasteiger partial charge on any atom is -0.301 e. The summed E-state index contributed by atoms with van der Waals surface area (Å²) in [6.45, 7) is 14.6. The van der Waals surface area contributed by atoms with Crippen LogP contribution in [0.5, 0.6) is 0 Å². The summed E-state index contributed by atoms with van der Waals surface area (Å²) in [5.41, 5.74) is 0. The molecule has 0 saturated carbocycles. The number of hydrogen-bond acceptors (Lipinski definition) is 2. The SMILES string of the molecule is CC(C)CCN1CCN(CCC(C)(I)I)CC1. The molecule has 1 aliphatic heterocycles. The molecule has 1 rings (SSSR count). The first-order valence-electron chi connectivity index (χ1n) is 6.69. The van der Waals surface area contributed by atoms with E-state index in [1.54, 1.807) is 0 Å². The molecule has 1 saturated heterocycles. The average Bonchev–Trinajstić information content (AvgIpc) is 2.24. The molecule has 0 spiro atoms. The molecule has 0 atom stereocenters. The number of hydrogen-bond donors (Lipinski definition) is 0. The molecule has 102 valence electrons. The number of piperazine rings is 1. The molecule has 0 aliphatic carbocycles. The van der Waals surface area contributed by atoms with Crippen LogP contribution in [0.15, 0.2) is 0 Å². The van der Waals surface area contributed by atoms with Gasteiger partial charge in [0.1, 0.15) is 0 Å². The normalized spacial score (nSPS) is 20.1. The molecule has 0 radical (unpaired) electrons. The van der Waals surface area contributed by atoms with Gasteiger partial charge >= 0.3 is 0 Å². The van der Waals surface area contributed by atoms with Gasteiger partial charge in [-0.3, -0.25) is 0 Å². The van der Waals surface area contributed by atoms with Crippen molar-refractivity contribution in [1.29, 1.82) is 0 Å². The Bertz CT molecular complexity index is 206. The van der Waals surface area contributed by atoms with E-state index in [1.165, 1.54) is 52.1 Å². The van der Waals surface area contributed by atoms with Crippen LogP contribution in [0.3, 0.4) is 0 Å². The molecule has 0 bridgehead atoms. The zero-order valence-corrected chi connectivity index (χ0v) is 15.7. The van der Waals surface area contributed by atoms with E-state index >= 15 is 0 Å². The summed E-state index contributed by atoms with van der Waals surface area (Å²) < 4.78 is 0.421. The fourth-order valence-electron chi connectivity index (χ4n) is 2.03. The van der Waals surface area contributed by atoms with Gasteiger partial charge in [-0.25, -0.2) is 0 Å². The Morgan fingerprint density at radius 1 is 1.00 bits per heavy atom. The van der Waals surface area contributed by atoms with Crippen LogP contribution in [-0.2, 0) is 0 Å². The van der Waals surface area contributed by atoms with Gasteiger partial charge in [-0.15, -0.1) is 0 Å². The minimum absolute atomic E-state index is 0.421. The topological polar surface area (TPSA) is 6.48 Å². The molecule has 0 aromatic rings. The average molecular weight is 464 g/mol. The first-order valence-corrected chi connectivity index (χ1v) is 8.85. The van der Waals surface area contributed by atoms with Crippen LogP contribution in [0, 0.1) is 5.92 Å². The zero-order chi connectivity index (χ0) is 12.9. The molecular formula is C13H26I2N2. The Labute approximate surface area is 134 Å². The Hall–Kier alpha value is 1.38. The molecule has 0 N–H and O–H groups in total. The van der Waals surface area contributed by atoms with Crippen molar-refractivity contribution in [3.63, 3.8) is 0 Å². The summed E-state index contributed by atoms with van der Waals surface area (Å²) in [6.07, 6.45) is 2.64. The molecule has 0 unspecified atom stereocenters. The van der Waals surface area contributed by atoms with Crippen molar-refractivity contribution >= 4 is 45.2 Å². The maximum atomic E-state index is 2.63. The third-order valence-electron chi connectivity index (χ3n) is 3.35. The highest BCUT2D eigenvalue weighted by Crippen LogP contribution is 2.30. The highest BCUT2D eigenvalue weighted by Gasteiger charge is 2.20.